The number of rotatable bonds is 2. The minimum absolute atomic E-state index is 0.369. The second kappa shape index (κ2) is 6.15. The Morgan fingerprint density at radius 1 is 0.895 bits per heavy atom. The third kappa shape index (κ3) is 4.03. The predicted octanol–water partition coefficient (Wildman–Crippen LogP) is 5.29. The van der Waals surface area contributed by atoms with Gasteiger partial charge in [0, 0.05) is 15.7 Å². The molecule has 0 bridgehead atoms. The van der Waals surface area contributed by atoms with Crippen LogP contribution in [0.3, 0.4) is 0 Å². The molecule has 0 saturated carbocycles. The van der Waals surface area contributed by atoms with Crippen LogP contribution in [0.5, 0.6) is 0 Å². The topological polar surface area (TPSA) is 41.1 Å². The van der Waals surface area contributed by atoms with Crippen LogP contribution in [0, 0.1) is 0 Å². The standard InChI is InChI=1S/C13H9Cl3N2O/c14-8-2-1-3-10(6-8)17-13(19)18-12-5-4-9(15)7-11(12)16/h1-7H,(H2,17,18,19). The lowest BCUT2D eigenvalue weighted by molar-refractivity contribution is 0.262. The van der Waals surface area contributed by atoms with E-state index < -0.39 is 6.03 Å². The summed E-state index contributed by atoms with van der Waals surface area (Å²) in [5.41, 5.74) is 1.07. The van der Waals surface area contributed by atoms with Gasteiger partial charge in [-0.1, -0.05) is 40.9 Å². The van der Waals surface area contributed by atoms with E-state index in [-0.39, 0.29) is 0 Å². The number of carbonyl (C=O) groups excluding carboxylic acids is 1. The van der Waals surface area contributed by atoms with Crippen LogP contribution in [0.4, 0.5) is 16.2 Å². The molecule has 2 aromatic rings. The van der Waals surface area contributed by atoms with E-state index in [4.69, 9.17) is 34.8 Å². The molecule has 2 rings (SSSR count). The second-order valence-electron chi connectivity index (χ2n) is 3.71. The third-order valence-corrected chi connectivity index (χ3v) is 3.04. The maximum absolute atomic E-state index is 11.8. The Morgan fingerprint density at radius 2 is 1.63 bits per heavy atom. The first-order valence-electron chi connectivity index (χ1n) is 5.33. The maximum Gasteiger partial charge on any atom is 0.323 e. The average molecular weight is 316 g/mol. The number of hydrogen-bond acceptors (Lipinski definition) is 1. The van der Waals surface area contributed by atoms with Crippen LogP contribution in [0.15, 0.2) is 42.5 Å². The molecular formula is C13H9Cl3N2O. The zero-order valence-electron chi connectivity index (χ0n) is 9.58. The molecule has 3 nitrogen and oxygen atoms in total. The first-order valence-corrected chi connectivity index (χ1v) is 6.46. The number of hydrogen-bond donors (Lipinski definition) is 2. The molecule has 0 unspecified atom stereocenters. The predicted molar refractivity (Wildman–Crippen MR) is 80.6 cm³/mol. The van der Waals surface area contributed by atoms with E-state index in [1.54, 1.807) is 42.5 Å². The van der Waals surface area contributed by atoms with Gasteiger partial charge in [-0.15, -0.1) is 0 Å². The molecule has 2 N–H and O–H groups in total. The highest BCUT2D eigenvalue weighted by Crippen LogP contribution is 2.25. The number of urea groups is 1. The average Bonchev–Trinajstić information content (AvgIpc) is 2.33. The van der Waals surface area contributed by atoms with E-state index in [0.29, 0.717) is 26.4 Å². The zero-order valence-corrected chi connectivity index (χ0v) is 11.9. The summed E-state index contributed by atoms with van der Waals surface area (Å²) in [6, 6.07) is 11.3. The lowest BCUT2D eigenvalue weighted by atomic mass is 10.3. The van der Waals surface area contributed by atoms with E-state index >= 15 is 0 Å². The Bertz CT molecular complexity index is 617. The van der Waals surface area contributed by atoms with Gasteiger partial charge in [0.25, 0.3) is 0 Å². The second-order valence-corrected chi connectivity index (χ2v) is 4.99. The summed E-state index contributed by atoms with van der Waals surface area (Å²) in [6.45, 7) is 0. The molecule has 0 aliphatic heterocycles. The van der Waals surface area contributed by atoms with Crippen LogP contribution in [-0.4, -0.2) is 6.03 Å². The van der Waals surface area contributed by atoms with Crippen LogP contribution < -0.4 is 10.6 Å². The maximum atomic E-state index is 11.8. The molecule has 0 fully saturated rings. The van der Waals surface area contributed by atoms with Gasteiger partial charge in [0.15, 0.2) is 0 Å². The van der Waals surface area contributed by atoms with Crippen molar-refractivity contribution in [2.45, 2.75) is 0 Å². The molecule has 6 heteroatoms. The molecule has 19 heavy (non-hydrogen) atoms. The van der Waals surface area contributed by atoms with Crippen LogP contribution in [0.2, 0.25) is 15.1 Å². The fourth-order valence-electron chi connectivity index (χ4n) is 1.44. The fourth-order valence-corrected chi connectivity index (χ4v) is 2.09. The lowest BCUT2D eigenvalue weighted by Crippen LogP contribution is -2.19. The number of benzene rings is 2. The number of nitrogens with one attached hydrogen (secondary N) is 2. The largest absolute Gasteiger partial charge is 0.323 e. The Kier molecular flexibility index (Phi) is 4.53. The van der Waals surface area contributed by atoms with Gasteiger partial charge in [-0.25, -0.2) is 4.79 Å². The van der Waals surface area contributed by atoms with Crippen LogP contribution in [0.25, 0.3) is 0 Å². The Morgan fingerprint density at radius 3 is 2.32 bits per heavy atom. The minimum atomic E-state index is -0.411. The van der Waals surface area contributed by atoms with Crippen molar-refractivity contribution < 1.29 is 4.79 Å². The van der Waals surface area contributed by atoms with E-state index in [1.807, 2.05) is 0 Å². The SMILES string of the molecule is O=C(Nc1cccc(Cl)c1)Nc1ccc(Cl)cc1Cl. The van der Waals surface area contributed by atoms with Gasteiger partial charge in [-0.3, -0.25) is 0 Å². The van der Waals surface area contributed by atoms with Crippen LogP contribution in [0.1, 0.15) is 0 Å². The van der Waals surface area contributed by atoms with Crippen molar-refractivity contribution in [2.24, 2.45) is 0 Å². The van der Waals surface area contributed by atoms with E-state index in [1.165, 1.54) is 0 Å². The van der Waals surface area contributed by atoms with Gasteiger partial charge in [0.05, 0.1) is 10.7 Å². The van der Waals surface area contributed by atoms with Crippen molar-refractivity contribution >= 4 is 52.2 Å². The van der Waals surface area contributed by atoms with E-state index in [9.17, 15) is 4.79 Å². The van der Waals surface area contributed by atoms with Gasteiger partial charge in [0.2, 0.25) is 0 Å². The third-order valence-electron chi connectivity index (χ3n) is 2.26. The Hall–Kier alpha value is -1.42. The number of anilines is 2. The molecule has 2 amide bonds. The highest BCUT2D eigenvalue weighted by Gasteiger charge is 2.06. The summed E-state index contributed by atoms with van der Waals surface area (Å²) in [5, 5.41) is 6.69. The van der Waals surface area contributed by atoms with E-state index in [2.05, 4.69) is 10.6 Å². The molecule has 0 atom stereocenters. The summed E-state index contributed by atoms with van der Waals surface area (Å²) in [6.07, 6.45) is 0. The highest BCUT2D eigenvalue weighted by molar-refractivity contribution is 6.36. The molecule has 0 saturated heterocycles. The van der Waals surface area contributed by atoms with Crippen LogP contribution >= 0.6 is 34.8 Å². The van der Waals surface area contributed by atoms with Gasteiger partial charge in [0.1, 0.15) is 0 Å². The molecule has 0 heterocycles. The molecule has 0 aliphatic rings. The van der Waals surface area contributed by atoms with Crippen molar-refractivity contribution in [2.75, 3.05) is 10.6 Å². The summed E-state index contributed by atoms with van der Waals surface area (Å²) >= 11 is 17.6. The quantitative estimate of drug-likeness (QED) is 0.776. The van der Waals surface area contributed by atoms with Crippen molar-refractivity contribution in [3.8, 4) is 0 Å². The molecule has 2 aromatic carbocycles. The number of amides is 2. The Labute approximate surface area is 125 Å². The first-order chi connectivity index (χ1) is 9.04. The van der Waals surface area contributed by atoms with Crippen molar-refractivity contribution in [1.82, 2.24) is 0 Å². The zero-order chi connectivity index (χ0) is 13.8. The van der Waals surface area contributed by atoms with Gasteiger partial charge < -0.3 is 10.6 Å². The molecule has 0 aliphatic carbocycles. The fraction of sp³-hybridized carbons (Fsp3) is 0. The summed E-state index contributed by atoms with van der Waals surface area (Å²) in [7, 11) is 0. The van der Waals surface area contributed by atoms with Gasteiger partial charge >= 0.3 is 6.03 Å². The summed E-state index contributed by atoms with van der Waals surface area (Å²) in [5.74, 6) is 0. The van der Waals surface area contributed by atoms with Crippen molar-refractivity contribution in [3.63, 3.8) is 0 Å². The van der Waals surface area contributed by atoms with E-state index in [0.717, 1.165) is 0 Å². The first kappa shape index (κ1) is 14.0. The van der Waals surface area contributed by atoms with Gasteiger partial charge in [-0.05, 0) is 36.4 Å². The minimum Gasteiger partial charge on any atom is -0.308 e. The lowest BCUT2D eigenvalue weighted by Gasteiger charge is -2.09. The number of carbonyl (C=O) groups is 1. The number of halogens is 3. The molecule has 0 spiro atoms. The highest BCUT2D eigenvalue weighted by atomic mass is 35.5. The molecule has 98 valence electrons. The van der Waals surface area contributed by atoms with Gasteiger partial charge in [-0.2, -0.15) is 0 Å². The molecule has 0 aromatic heterocycles. The normalized spacial score (nSPS) is 10.1. The monoisotopic (exact) mass is 314 g/mol. The van der Waals surface area contributed by atoms with Crippen LogP contribution in [-0.2, 0) is 0 Å². The summed E-state index contributed by atoms with van der Waals surface area (Å²) < 4.78 is 0. The molecule has 0 radical (unpaired) electrons. The summed E-state index contributed by atoms with van der Waals surface area (Å²) in [4.78, 5) is 11.8. The van der Waals surface area contributed by atoms with Crippen molar-refractivity contribution in [3.05, 3.63) is 57.5 Å². The molecular weight excluding hydrogens is 307 g/mol. The Balaban J connectivity index is 2.05. The smallest absolute Gasteiger partial charge is 0.308 e. The van der Waals surface area contributed by atoms with Crippen molar-refractivity contribution in [1.29, 1.82) is 0 Å².